The fourth-order valence-corrected chi connectivity index (χ4v) is 3.18. The molecular formula is C19H21BrF2N6O. The molecule has 1 aromatic heterocycles. The van der Waals surface area contributed by atoms with Gasteiger partial charge in [-0.05, 0) is 51.3 Å². The lowest BCUT2D eigenvalue weighted by molar-refractivity contribution is 0.235. The maximum absolute atomic E-state index is 14.3. The van der Waals surface area contributed by atoms with Crippen LogP contribution in [0.5, 0.6) is 0 Å². The summed E-state index contributed by atoms with van der Waals surface area (Å²) in [4.78, 5) is 13.4. The lowest BCUT2D eigenvalue weighted by atomic mass is 10.1. The molecule has 29 heavy (non-hydrogen) atoms. The predicted octanol–water partition coefficient (Wildman–Crippen LogP) is 4.02. The van der Waals surface area contributed by atoms with E-state index in [0.717, 1.165) is 23.5 Å². The molecule has 4 N–H and O–H groups in total. The number of fused-ring (bicyclic) bond motifs is 1. The van der Waals surface area contributed by atoms with E-state index in [1.165, 1.54) is 0 Å². The third-order valence-corrected chi connectivity index (χ3v) is 4.64. The summed E-state index contributed by atoms with van der Waals surface area (Å²) in [6.45, 7) is 1.48. The van der Waals surface area contributed by atoms with E-state index >= 15 is 0 Å². The first-order valence-electron chi connectivity index (χ1n) is 8.90. The first kappa shape index (κ1) is 21.2. The van der Waals surface area contributed by atoms with Crippen LogP contribution in [-0.2, 0) is 0 Å². The number of H-pyrrole nitrogens is 1. The maximum atomic E-state index is 14.3. The molecule has 0 aliphatic carbocycles. The van der Waals surface area contributed by atoms with Crippen molar-refractivity contribution in [1.82, 2.24) is 20.3 Å². The Kier molecular flexibility index (Phi) is 6.78. The summed E-state index contributed by atoms with van der Waals surface area (Å²) in [5.41, 5.74) is 2.67. The molecule has 0 aliphatic heterocycles. The van der Waals surface area contributed by atoms with Gasteiger partial charge in [0.15, 0.2) is 17.5 Å². The third-order valence-electron chi connectivity index (χ3n) is 4.15. The van der Waals surface area contributed by atoms with Crippen LogP contribution in [-0.4, -0.2) is 53.1 Å². The van der Waals surface area contributed by atoms with E-state index in [0.29, 0.717) is 18.2 Å². The quantitative estimate of drug-likeness (QED) is 0.183. The van der Waals surface area contributed by atoms with Crippen molar-refractivity contribution in [3.63, 3.8) is 0 Å². The Morgan fingerprint density at radius 2 is 2.10 bits per heavy atom. The Labute approximate surface area is 174 Å². The molecule has 0 atom stereocenters. The maximum Gasteiger partial charge on any atom is 0.201 e. The second-order valence-corrected chi connectivity index (χ2v) is 7.58. The number of nitrogens with zero attached hydrogens (tertiary/aromatic N) is 3. The summed E-state index contributed by atoms with van der Waals surface area (Å²) in [6, 6.07) is 7.99. The summed E-state index contributed by atoms with van der Waals surface area (Å²) in [5, 5.41) is 12.7. The molecule has 0 spiro atoms. The Hall–Kier alpha value is -2.56. The fourth-order valence-electron chi connectivity index (χ4n) is 2.80. The van der Waals surface area contributed by atoms with Gasteiger partial charge in [-0.25, -0.2) is 18.8 Å². The van der Waals surface area contributed by atoms with Crippen molar-refractivity contribution in [2.45, 2.75) is 6.42 Å². The van der Waals surface area contributed by atoms with Gasteiger partial charge in [0.05, 0.1) is 11.2 Å². The minimum Gasteiger partial charge on any atom is -0.356 e. The van der Waals surface area contributed by atoms with Crippen molar-refractivity contribution in [1.29, 1.82) is 0 Å². The number of aliphatic imine (C=N–C) groups is 1. The van der Waals surface area contributed by atoms with E-state index < -0.39 is 11.6 Å². The molecule has 2 aromatic carbocycles. The second-order valence-electron chi connectivity index (χ2n) is 6.66. The highest BCUT2D eigenvalue weighted by molar-refractivity contribution is 9.10. The van der Waals surface area contributed by atoms with E-state index in [1.807, 2.05) is 30.5 Å². The number of aromatic amines is 1. The topological polar surface area (TPSA) is 88.6 Å². The van der Waals surface area contributed by atoms with Crippen LogP contribution in [0.4, 0.5) is 20.4 Å². The number of benzene rings is 2. The molecule has 0 amide bonds. The van der Waals surface area contributed by atoms with Gasteiger partial charge >= 0.3 is 0 Å². The van der Waals surface area contributed by atoms with Gasteiger partial charge in [0.2, 0.25) is 5.95 Å². The Balaban J connectivity index is 1.99. The molecule has 0 radical (unpaired) electrons. The monoisotopic (exact) mass is 466 g/mol. The highest BCUT2D eigenvalue weighted by Crippen LogP contribution is 2.26. The lowest BCUT2D eigenvalue weighted by Crippen LogP contribution is -2.21. The van der Waals surface area contributed by atoms with Crippen molar-refractivity contribution in [3.05, 3.63) is 52.0 Å². The first-order valence-corrected chi connectivity index (χ1v) is 9.69. The summed E-state index contributed by atoms with van der Waals surface area (Å²) >= 11 is 3.34. The minimum absolute atomic E-state index is 0.0465. The molecule has 0 bridgehead atoms. The van der Waals surface area contributed by atoms with E-state index in [2.05, 4.69) is 36.2 Å². The van der Waals surface area contributed by atoms with Crippen LogP contribution < -0.4 is 10.8 Å². The first-order chi connectivity index (χ1) is 13.9. The zero-order chi connectivity index (χ0) is 21.0. The van der Waals surface area contributed by atoms with Crippen LogP contribution in [0.1, 0.15) is 12.0 Å². The van der Waals surface area contributed by atoms with Gasteiger partial charge < -0.3 is 15.2 Å². The third kappa shape index (κ3) is 5.08. The molecule has 10 heteroatoms. The smallest absolute Gasteiger partial charge is 0.201 e. The number of hydroxylamine groups is 1. The molecule has 154 valence electrons. The Morgan fingerprint density at radius 1 is 1.31 bits per heavy atom. The number of hydrogen-bond acceptors (Lipinski definition) is 5. The molecule has 0 fully saturated rings. The van der Waals surface area contributed by atoms with Gasteiger partial charge in [-0.2, -0.15) is 0 Å². The highest BCUT2D eigenvalue weighted by atomic mass is 79.9. The summed E-state index contributed by atoms with van der Waals surface area (Å²) in [7, 11) is 3.94. The lowest BCUT2D eigenvalue weighted by Gasteiger charge is -2.09. The summed E-state index contributed by atoms with van der Waals surface area (Å²) in [6.07, 6.45) is 0.849. The van der Waals surface area contributed by atoms with E-state index in [9.17, 15) is 14.0 Å². The van der Waals surface area contributed by atoms with Gasteiger partial charge in [-0.3, -0.25) is 10.7 Å². The van der Waals surface area contributed by atoms with Crippen molar-refractivity contribution in [3.8, 4) is 0 Å². The normalized spacial score (nSPS) is 12.0. The summed E-state index contributed by atoms with van der Waals surface area (Å²) < 4.78 is 29.3. The van der Waals surface area contributed by atoms with Crippen LogP contribution in [0.3, 0.4) is 0 Å². The molecular weight excluding hydrogens is 446 g/mol. The van der Waals surface area contributed by atoms with E-state index in [4.69, 9.17) is 0 Å². The Bertz CT molecular complexity index is 1040. The van der Waals surface area contributed by atoms with Crippen LogP contribution in [0.15, 0.2) is 39.8 Å². The fraction of sp³-hybridized carbons (Fsp3) is 0.263. The summed E-state index contributed by atoms with van der Waals surface area (Å²) in [5.74, 6) is -1.89. The van der Waals surface area contributed by atoms with Crippen LogP contribution >= 0.6 is 15.9 Å². The SMILES string of the molecule is CN(C)CCCNc1nc2c(F)c(F)cc(C(=Nc3cccc(Br)c3)NO)c2[nH]1. The molecule has 0 aliphatic rings. The zero-order valence-electron chi connectivity index (χ0n) is 15.9. The van der Waals surface area contributed by atoms with Gasteiger partial charge in [0, 0.05) is 16.6 Å². The number of amidine groups is 1. The second kappa shape index (κ2) is 9.29. The molecule has 0 unspecified atom stereocenters. The number of aromatic nitrogens is 2. The van der Waals surface area contributed by atoms with Gasteiger partial charge in [-0.15, -0.1) is 0 Å². The van der Waals surface area contributed by atoms with Crippen LogP contribution in [0, 0.1) is 11.6 Å². The molecule has 0 saturated heterocycles. The number of rotatable bonds is 7. The van der Waals surface area contributed by atoms with E-state index in [-0.39, 0.29) is 22.4 Å². The van der Waals surface area contributed by atoms with E-state index in [1.54, 1.807) is 18.2 Å². The largest absolute Gasteiger partial charge is 0.356 e. The number of imidazole rings is 1. The number of hydrogen-bond donors (Lipinski definition) is 4. The molecule has 3 rings (SSSR count). The number of anilines is 1. The van der Waals surface area contributed by atoms with Gasteiger partial charge in [0.25, 0.3) is 0 Å². The molecule has 0 saturated carbocycles. The van der Waals surface area contributed by atoms with Crippen molar-refractivity contribution < 1.29 is 14.0 Å². The van der Waals surface area contributed by atoms with Crippen molar-refractivity contribution in [2.24, 2.45) is 4.99 Å². The van der Waals surface area contributed by atoms with Gasteiger partial charge in [0.1, 0.15) is 5.52 Å². The zero-order valence-corrected chi connectivity index (χ0v) is 17.5. The molecule has 7 nitrogen and oxygen atoms in total. The average molecular weight is 467 g/mol. The molecule has 1 heterocycles. The predicted molar refractivity (Wildman–Crippen MR) is 113 cm³/mol. The van der Waals surface area contributed by atoms with Crippen molar-refractivity contribution in [2.75, 3.05) is 32.5 Å². The van der Waals surface area contributed by atoms with Crippen LogP contribution in [0.25, 0.3) is 11.0 Å². The number of halogens is 3. The average Bonchev–Trinajstić information content (AvgIpc) is 3.11. The van der Waals surface area contributed by atoms with Crippen LogP contribution in [0.2, 0.25) is 0 Å². The number of nitrogens with one attached hydrogen (secondary N) is 3. The standard InChI is InChI=1S/C19H21BrF2N6O/c1-28(2)8-4-7-23-19-25-16-13(10-14(21)15(22)17(16)26-19)18(27-29)24-12-6-3-5-11(20)9-12/h3,5-6,9-10,29H,4,7-8H2,1-2H3,(H,24,27)(H2,23,25,26). The van der Waals surface area contributed by atoms with Crippen molar-refractivity contribution >= 4 is 44.4 Å². The molecule has 3 aromatic rings. The minimum atomic E-state index is -1.09. The highest BCUT2D eigenvalue weighted by Gasteiger charge is 2.20. The van der Waals surface area contributed by atoms with Gasteiger partial charge in [-0.1, -0.05) is 22.0 Å². The Morgan fingerprint density at radius 3 is 2.79 bits per heavy atom.